The summed E-state index contributed by atoms with van der Waals surface area (Å²) in [5.74, 6) is -0.917. The molecule has 0 heterocycles. The van der Waals surface area contributed by atoms with Gasteiger partial charge in [-0.3, -0.25) is 14.4 Å². The maximum atomic E-state index is 12.8. The third-order valence-electron chi connectivity index (χ3n) is 12.0. The number of hydrogen-bond acceptors (Lipinski definition) is 6. The van der Waals surface area contributed by atoms with Gasteiger partial charge in [0.1, 0.15) is 13.2 Å². The Hall–Kier alpha value is -2.89. The average molecular weight is 909 g/mol. The molecular weight excluding hydrogens is 805 g/mol. The molecule has 0 N–H and O–H groups in total. The van der Waals surface area contributed by atoms with Crippen molar-refractivity contribution in [3.8, 4) is 0 Å². The van der Waals surface area contributed by atoms with Crippen LogP contribution in [0, 0.1) is 0 Å². The number of rotatable bonds is 50. The van der Waals surface area contributed by atoms with Gasteiger partial charge in [-0.1, -0.05) is 229 Å². The maximum absolute atomic E-state index is 12.8. The van der Waals surface area contributed by atoms with Crippen molar-refractivity contribution < 1.29 is 28.6 Å². The van der Waals surface area contributed by atoms with Crippen molar-refractivity contribution in [1.29, 1.82) is 0 Å². The van der Waals surface area contributed by atoms with Crippen LogP contribution in [0.1, 0.15) is 278 Å². The van der Waals surface area contributed by atoms with Crippen LogP contribution in [0.2, 0.25) is 0 Å². The lowest BCUT2D eigenvalue weighted by Gasteiger charge is -2.18. The van der Waals surface area contributed by atoms with Gasteiger partial charge in [-0.2, -0.15) is 0 Å². The highest BCUT2D eigenvalue weighted by atomic mass is 16.6. The minimum Gasteiger partial charge on any atom is -0.462 e. The van der Waals surface area contributed by atoms with Gasteiger partial charge in [-0.15, -0.1) is 0 Å². The van der Waals surface area contributed by atoms with E-state index in [2.05, 4.69) is 81.5 Å². The zero-order valence-electron chi connectivity index (χ0n) is 43.0. The Balaban J connectivity index is 4.43. The van der Waals surface area contributed by atoms with E-state index >= 15 is 0 Å². The van der Waals surface area contributed by atoms with Gasteiger partial charge in [0.15, 0.2) is 6.10 Å². The predicted octanol–water partition coefficient (Wildman–Crippen LogP) is 18.4. The Kier molecular flexibility index (Phi) is 51.3. The standard InChI is InChI=1S/C59H104O6/c1-4-7-10-13-16-19-22-25-27-28-29-30-32-34-37-40-43-46-49-52-58(61)64-55-56(54-63-57(60)51-48-45-42-39-36-33-24-21-18-15-12-9-6-3)65-59(62)53-50-47-44-41-38-35-31-26-23-20-17-14-11-8-5-2/h16,19,25-27,29-31,34,37,56H,4-15,17-18,20-24,28,32-33,35-36,38-55H2,1-3H3/b19-16-,27-25-,30-29-,31-26-,37-34-/t56-/m1/s1. The second-order valence-corrected chi connectivity index (χ2v) is 18.5. The molecule has 6 heteroatoms. The summed E-state index contributed by atoms with van der Waals surface area (Å²) in [5.41, 5.74) is 0. The van der Waals surface area contributed by atoms with Gasteiger partial charge in [0, 0.05) is 19.3 Å². The van der Waals surface area contributed by atoms with E-state index < -0.39 is 6.10 Å². The topological polar surface area (TPSA) is 78.9 Å². The molecule has 0 aromatic heterocycles. The molecule has 376 valence electrons. The number of allylic oxidation sites excluding steroid dienone is 10. The van der Waals surface area contributed by atoms with Gasteiger partial charge in [0.25, 0.3) is 0 Å². The van der Waals surface area contributed by atoms with Crippen molar-refractivity contribution in [2.45, 2.75) is 284 Å². The molecule has 0 aromatic carbocycles. The Labute approximate surface area is 402 Å². The van der Waals surface area contributed by atoms with Crippen molar-refractivity contribution in [1.82, 2.24) is 0 Å². The van der Waals surface area contributed by atoms with Crippen LogP contribution in [-0.4, -0.2) is 37.2 Å². The molecule has 0 amide bonds. The molecule has 0 aliphatic rings. The number of unbranched alkanes of at least 4 members (excludes halogenated alkanes) is 29. The van der Waals surface area contributed by atoms with Crippen molar-refractivity contribution in [2.75, 3.05) is 13.2 Å². The lowest BCUT2D eigenvalue weighted by Crippen LogP contribution is -2.30. The number of hydrogen-bond donors (Lipinski definition) is 0. The number of ether oxygens (including phenoxy) is 3. The molecule has 6 nitrogen and oxygen atoms in total. The molecule has 0 rings (SSSR count). The molecule has 0 aromatic rings. The average Bonchev–Trinajstić information content (AvgIpc) is 3.30. The van der Waals surface area contributed by atoms with Crippen LogP contribution in [0.25, 0.3) is 0 Å². The predicted molar refractivity (Wildman–Crippen MR) is 279 cm³/mol. The van der Waals surface area contributed by atoms with Gasteiger partial charge in [0.05, 0.1) is 0 Å². The zero-order valence-corrected chi connectivity index (χ0v) is 43.0. The van der Waals surface area contributed by atoms with Crippen molar-refractivity contribution >= 4 is 17.9 Å². The van der Waals surface area contributed by atoms with Gasteiger partial charge >= 0.3 is 17.9 Å². The van der Waals surface area contributed by atoms with E-state index in [0.29, 0.717) is 19.3 Å². The summed E-state index contributed by atoms with van der Waals surface area (Å²) in [7, 11) is 0. The monoisotopic (exact) mass is 909 g/mol. The summed E-state index contributed by atoms with van der Waals surface area (Å²) in [5, 5.41) is 0. The minimum atomic E-state index is -0.789. The fourth-order valence-electron chi connectivity index (χ4n) is 7.77. The van der Waals surface area contributed by atoms with Crippen molar-refractivity contribution in [2.24, 2.45) is 0 Å². The molecule has 0 spiro atoms. The lowest BCUT2D eigenvalue weighted by molar-refractivity contribution is -0.167. The van der Waals surface area contributed by atoms with Gasteiger partial charge in [-0.05, 0) is 89.9 Å². The highest BCUT2D eigenvalue weighted by Gasteiger charge is 2.19. The summed E-state index contributed by atoms with van der Waals surface area (Å²) >= 11 is 0. The summed E-state index contributed by atoms with van der Waals surface area (Å²) in [6.07, 6.45) is 66.3. The van der Waals surface area contributed by atoms with E-state index in [1.165, 1.54) is 141 Å². The second kappa shape index (κ2) is 53.7. The fourth-order valence-corrected chi connectivity index (χ4v) is 7.77. The maximum Gasteiger partial charge on any atom is 0.306 e. The summed E-state index contributed by atoms with van der Waals surface area (Å²) < 4.78 is 16.8. The summed E-state index contributed by atoms with van der Waals surface area (Å²) in [6, 6.07) is 0. The van der Waals surface area contributed by atoms with Crippen LogP contribution in [-0.2, 0) is 28.6 Å². The van der Waals surface area contributed by atoms with E-state index in [1.807, 2.05) is 0 Å². The molecule has 1 atom stereocenters. The van der Waals surface area contributed by atoms with Gasteiger partial charge in [-0.25, -0.2) is 0 Å². The van der Waals surface area contributed by atoms with Crippen LogP contribution < -0.4 is 0 Å². The van der Waals surface area contributed by atoms with Crippen LogP contribution in [0.15, 0.2) is 60.8 Å². The molecule has 0 saturated heterocycles. The zero-order chi connectivity index (χ0) is 47.2. The first-order chi connectivity index (χ1) is 32.0. The highest BCUT2D eigenvalue weighted by Crippen LogP contribution is 2.15. The molecular formula is C59H104O6. The first kappa shape index (κ1) is 62.1. The quantitative estimate of drug-likeness (QED) is 0.0262. The fraction of sp³-hybridized carbons (Fsp3) is 0.780. The Morgan fingerprint density at radius 3 is 0.923 bits per heavy atom. The SMILES string of the molecule is CCCCC/C=C\C/C=C\C/C=C\C/C=C\CCCCCC(=O)OC[C@@H](COC(=O)CCCCCCCCCCCCCCC)OC(=O)CCCCCCC/C=C\CCCCCCCC. The van der Waals surface area contributed by atoms with E-state index in [9.17, 15) is 14.4 Å². The van der Waals surface area contributed by atoms with Crippen molar-refractivity contribution in [3.05, 3.63) is 60.8 Å². The lowest BCUT2D eigenvalue weighted by atomic mass is 10.0. The molecule has 0 fully saturated rings. The van der Waals surface area contributed by atoms with Crippen molar-refractivity contribution in [3.63, 3.8) is 0 Å². The number of carbonyl (C=O) groups is 3. The van der Waals surface area contributed by atoms with E-state index in [4.69, 9.17) is 14.2 Å². The van der Waals surface area contributed by atoms with Crippen LogP contribution >= 0.6 is 0 Å². The first-order valence-corrected chi connectivity index (χ1v) is 27.8. The number of carbonyl (C=O) groups excluding carboxylic acids is 3. The first-order valence-electron chi connectivity index (χ1n) is 27.8. The Morgan fingerprint density at radius 1 is 0.308 bits per heavy atom. The minimum absolute atomic E-state index is 0.0856. The highest BCUT2D eigenvalue weighted by molar-refractivity contribution is 5.71. The largest absolute Gasteiger partial charge is 0.462 e. The smallest absolute Gasteiger partial charge is 0.306 e. The molecule has 0 aliphatic heterocycles. The Bertz CT molecular complexity index is 1180. The molecule has 0 radical (unpaired) electrons. The third-order valence-corrected chi connectivity index (χ3v) is 12.0. The van der Waals surface area contributed by atoms with E-state index in [-0.39, 0.29) is 31.1 Å². The van der Waals surface area contributed by atoms with E-state index in [0.717, 1.165) is 96.3 Å². The van der Waals surface area contributed by atoms with Crippen LogP contribution in [0.4, 0.5) is 0 Å². The molecule has 65 heavy (non-hydrogen) atoms. The van der Waals surface area contributed by atoms with Crippen LogP contribution in [0.3, 0.4) is 0 Å². The van der Waals surface area contributed by atoms with Gasteiger partial charge < -0.3 is 14.2 Å². The molecule has 0 saturated carbocycles. The van der Waals surface area contributed by atoms with E-state index in [1.54, 1.807) is 0 Å². The molecule has 0 aliphatic carbocycles. The number of esters is 3. The summed E-state index contributed by atoms with van der Waals surface area (Å²) in [4.78, 5) is 38.1. The van der Waals surface area contributed by atoms with Gasteiger partial charge in [0.2, 0.25) is 0 Å². The normalized spacial score (nSPS) is 12.5. The summed E-state index contributed by atoms with van der Waals surface area (Å²) in [6.45, 7) is 6.59. The molecule has 0 unspecified atom stereocenters. The Morgan fingerprint density at radius 2 is 0.554 bits per heavy atom. The second-order valence-electron chi connectivity index (χ2n) is 18.5. The third kappa shape index (κ3) is 51.9. The van der Waals surface area contributed by atoms with Crippen LogP contribution in [0.5, 0.6) is 0 Å². The molecule has 0 bridgehead atoms.